The maximum absolute atomic E-state index is 12.2. The number of carbonyl (C=O) groups excluding carboxylic acids is 1. The number of unbranched alkanes of at least 4 members (excludes halogenated alkanes) is 1. The van der Waals surface area contributed by atoms with Crippen LogP contribution in [0, 0.1) is 0 Å². The fourth-order valence-electron chi connectivity index (χ4n) is 2.49. The van der Waals surface area contributed by atoms with Crippen LogP contribution in [0.1, 0.15) is 31.2 Å². The summed E-state index contributed by atoms with van der Waals surface area (Å²) in [5.74, 6) is 0.105. The molecule has 0 aliphatic heterocycles. The highest BCUT2D eigenvalue weighted by molar-refractivity contribution is 7.85. The Morgan fingerprint density at radius 1 is 1.04 bits per heavy atom. The number of esters is 1. The largest absolute Gasteiger partial charge is 0.497 e. The third kappa shape index (κ3) is 6.00. The number of ether oxygens (including phenoxy) is 2. The lowest BCUT2D eigenvalue weighted by Gasteiger charge is -2.13. The van der Waals surface area contributed by atoms with Gasteiger partial charge in [-0.2, -0.15) is 8.42 Å². The highest BCUT2D eigenvalue weighted by atomic mass is 32.2. The minimum atomic E-state index is -3.42. The molecule has 6 nitrogen and oxygen atoms in total. The standard InChI is InChI=1S/C19H24O6S/c1-14(19(20)24-10-4-5-11-25-26(3,21)22)15-6-7-17-13-18(23-2)9-8-16(17)12-15/h6-9,12-14H,4-5,10-11H2,1-3H3. The van der Waals surface area contributed by atoms with Crippen LogP contribution in [0.15, 0.2) is 36.4 Å². The second-order valence-corrected chi connectivity index (χ2v) is 7.74. The molecule has 142 valence electrons. The molecule has 0 aliphatic rings. The van der Waals surface area contributed by atoms with E-state index in [0.29, 0.717) is 12.8 Å². The van der Waals surface area contributed by atoms with Crippen molar-refractivity contribution < 1.29 is 26.9 Å². The van der Waals surface area contributed by atoms with E-state index in [1.165, 1.54) is 0 Å². The Labute approximate surface area is 154 Å². The molecule has 2 aromatic rings. The van der Waals surface area contributed by atoms with Gasteiger partial charge in [-0.1, -0.05) is 24.3 Å². The summed E-state index contributed by atoms with van der Waals surface area (Å²) >= 11 is 0. The van der Waals surface area contributed by atoms with Crippen molar-refractivity contribution in [2.75, 3.05) is 26.6 Å². The lowest BCUT2D eigenvalue weighted by atomic mass is 9.98. The molecule has 0 N–H and O–H groups in total. The average molecular weight is 380 g/mol. The van der Waals surface area contributed by atoms with Crippen LogP contribution < -0.4 is 4.74 Å². The summed E-state index contributed by atoms with van der Waals surface area (Å²) in [6, 6.07) is 11.6. The average Bonchev–Trinajstić information content (AvgIpc) is 2.61. The van der Waals surface area contributed by atoms with Crippen molar-refractivity contribution in [3.8, 4) is 5.75 Å². The van der Waals surface area contributed by atoms with E-state index in [4.69, 9.17) is 9.47 Å². The Morgan fingerprint density at radius 3 is 2.38 bits per heavy atom. The van der Waals surface area contributed by atoms with Gasteiger partial charge >= 0.3 is 5.97 Å². The number of benzene rings is 2. The van der Waals surface area contributed by atoms with Gasteiger partial charge in [-0.15, -0.1) is 0 Å². The zero-order valence-electron chi connectivity index (χ0n) is 15.2. The van der Waals surface area contributed by atoms with Crippen LogP contribution in [0.4, 0.5) is 0 Å². The summed E-state index contributed by atoms with van der Waals surface area (Å²) in [4.78, 5) is 12.2. The second-order valence-electron chi connectivity index (χ2n) is 6.09. The van der Waals surface area contributed by atoms with Crippen molar-refractivity contribution in [1.82, 2.24) is 0 Å². The Bertz CT molecular complexity index is 859. The second kappa shape index (κ2) is 9.00. The molecule has 0 heterocycles. The van der Waals surface area contributed by atoms with Crippen molar-refractivity contribution >= 4 is 26.9 Å². The van der Waals surface area contributed by atoms with Crippen molar-refractivity contribution in [3.63, 3.8) is 0 Å². The topological polar surface area (TPSA) is 78.9 Å². The summed E-state index contributed by atoms with van der Waals surface area (Å²) in [6.07, 6.45) is 2.06. The Kier molecular flexibility index (Phi) is 6.99. The molecule has 0 aromatic heterocycles. The van der Waals surface area contributed by atoms with Crippen LogP contribution in [0.3, 0.4) is 0 Å². The molecule has 26 heavy (non-hydrogen) atoms. The zero-order valence-corrected chi connectivity index (χ0v) is 16.0. The van der Waals surface area contributed by atoms with Crippen LogP contribution in [0.25, 0.3) is 10.8 Å². The molecule has 0 aliphatic carbocycles. The van der Waals surface area contributed by atoms with Gasteiger partial charge in [0.25, 0.3) is 10.1 Å². The van der Waals surface area contributed by atoms with Crippen LogP contribution in [-0.4, -0.2) is 41.0 Å². The molecular weight excluding hydrogens is 356 g/mol. The predicted octanol–water partition coefficient (Wildman–Crippen LogP) is 3.25. The van der Waals surface area contributed by atoms with E-state index in [9.17, 15) is 13.2 Å². The van der Waals surface area contributed by atoms with Gasteiger partial charge < -0.3 is 9.47 Å². The summed E-state index contributed by atoms with van der Waals surface area (Å²) in [5.41, 5.74) is 0.882. The molecule has 0 spiro atoms. The van der Waals surface area contributed by atoms with E-state index in [2.05, 4.69) is 4.18 Å². The molecule has 0 bridgehead atoms. The lowest BCUT2D eigenvalue weighted by molar-refractivity contribution is -0.145. The monoisotopic (exact) mass is 380 g/mol. The van der Waals surface area contributed by atoms with Gasteiger partial charge in [-0.25, -0.2) is 0 Å². The number of carbonyl (C=O) groups is 1. The molecule has 0 amide bonds. The molecule has 0 radical (unpaired) electrons. The third-order valence-corrected chi connectivity index (χ3v) is 4.60. The number of hydrogen-bond donors (Lipinski definition) is 0. The molecule has 0 saturated heterocycles. The fraction of sp³-hybridized carbons (Fsp3) is 0.421. The summed E-state index contributed by atoms with van der Waals surface area (Å²) in [7, 11) is -1.79. The fourth-order valence-corrected chi connectivity index (χ4v) is 2.91. The van der Waals surface area contributed by atoms with E-state index in [0.717, 1.165) is 28.3 Å². The normalized spacial score (nSPS) is 12.7. The van der Waals surface area contributed by atoms with Gasteiger partial charge in [0.15, 0.2) is 0 Å². The van der Waals surface area contributed by atoms with E-state index >= 15 is 0 Å². The van der Waals surface area contributed by atoms with E-state index in [1.54, 1.807) is 14.0 Å². The summed E-state index contributed by atoms with van der Waals surface area (Å²) < 4.78 is 36.8. The first-order valence-electron chi connectivity index (χ1n) is 8.39. The molecule has 2 aromatic carbocycles. The van der Waals surface area contributed by atoms with Crippen molar-refractivity contribution in [3.05, 3.63) is 42.0 Å². The molecular formula is C19H24O6S. The highest BCUT2D eigenvalue weighted by Crippen LogP contribution is 2.25. The third-order valence-electron chi connectivity index (χ3n) is 4.01. The smallest absolute Gasteiger partial charge is 0.313 e. The van der Waals surface area contributed by atoms with Gasteiger partial charge in [0.05, 0.1) is 32.5 Å². The molecule has 0 fully saturated rings. The van der Waals surface area contributed by atoms with Gasteiger partial charge in [0, 0.05) is 0 Å². The first-order chi connectivity index (χ1) is 12.3. The Balaban J connectivity index is 1.86. The van der Waals surface area contributed by atoms with Crippen LogP contribution >= 0.6 is 0 Å². The maximum atomic E-state index is 12.2. The number of methoxy groups -OCH3 is 1. The minimum Gasteiger partial charge on any atom is -0.497 e. The predicted molar refractivity (Wildman–Crippen MR) is 99.9 cm³/mol. The Morgan fingerprint density at radius 2 is 1.69 bits per heavy atom. The van der Waals surface area contributed by atoms with Crippen molar-refractivity contribution in [1.29, 1.82) is 0 Å². The first kappa shape index (κ1) is 20.2. The summed E-state index contributed by atoms with van der Waals surface area (Å²) in [5, 5.41) is 2.07. The van der Waals surface area contributed by atoms with Gasteiger partial charge in [-0.3, -0.25) is 8.98 Å². The first-order valence-corrected chi connectivity index (χ1v) is 10.2. The number of fused-ring (bicyclic) bond motifs is 1. The lowest BCUT2D eigenvalue weighted by Crippen LogP contribution is -2.14. The van der Waals surface area contributed by atoms with Crippen molar-refractivity contribution in [2.24, 2.45) is 0 Å². The van der Waals surface area contributed by atoms with Gasteiger partial charge in [-0.05, 0) is 48.2 Å². The van der Waals surface area contributed by atoms with E-state index in [1.807, 2.05) is 36.4 Å². The quantitative estimate of drug-likeness (QED) is 0.377. The molecule has 2 rings (SSSR count). The maximum Gasteiger partial charge on any atom is 0.313 e. The molecule has 7 heteroatoms. The van der Waals surface area contributed by atoms with Crippen LogP contribution in [-0.2, 0) is 23.8 Å². The number of hydrogen-bond acceptors (Lipinski definition) is 6. The number of rotatable bonds is 9. The van der Waals surface area contributed by atoms with Gasteiger partial charge in [0.2, 0.25) is 0 Å². The molecule has 0 saturated carbocycles. The molecule has 1 unspecified atom stereocenters. The van der Waals surface area contributed by atoms with Crippen LogP contribution in [0.2, 0.25) is 0 Å². The SMILES string of the molecule is COc1ccc2cc(C(C)C(=O)OCCCCOS(C)(=O)=O)ccc2c1. The van der Waals surface area contributed by atoms with E-state index < -0.39 is 10.1 Å². The Hall–Kier alpha value is -2.12. The van der Waals surface area contributed by atoms with Gasteiger partial charge in [0.1, 0.15) is 5.75 Å². The van der Waals surface area contributed by atoms with Crippen molar-refractivity contribution in [2.45, 2.75) is 25.7 Å². The minimum absolute atomic E-state index is 0.0973. The highest BCUT2D eigenvalue weighted by Gasteiger charge is 2.17. The molecule has 1 atom stereocenters. The van der Waals surface area contributed by atoms with Crippen LogP contribution in [0.5, 0.6) is 5.75 Å². The van der Waals surface area contributed by atoms with E-state index in [-0.39, 0.29) is 25.1 Å². The summed E-state index contributed by atoms with van der Waals surface area (Å²) in [6.45, 7) is 2.14. The zero-order chi connectivity index (χ0) is 19.2.